The molecule has 0 saturated carbocycles. The summed E-state index contributed by atoms with van der Waals surface area (Å²) in [5, 5.41) is 0. The summed E-state index contributed by atoms with van der Waals surface area (Å²) in [5.74, 6) is 0.547. The second kappa shape index (κ2) is 5.13. The lowest BCUT2D eigenvalue weighted by Gasteiger charge is -2.39. The van der Waals surface area contributed by atoms with Crippen molar-refractivity contribution in [3.63, 3.8) is 0 Å². The van der Waals surface area contributed by atoms with Gasteiger partial charge in [0.25, 0.3) is 0 Å². The van der Waals surface area contributed by atoms with Crippen LogP contribution in [-0.4, -0.2) is 18.4 Å². The lowest BCUT2D eigenvalue weighted by atomic mass is 9.90. The average molecular weight is 245 g/mol. The highest BCUT2D eigenvalue weighted by Crippen LogP contribution is 2.28. The van der Waals surface area contributed by atoms with Gasteiger partial charge in [0.1, 0.15) is 5.78 Å². The number of aryl methyl sites for hydroxylation is 2. The molecule has 2 nitrogen and oxygen atoms in total. The van der Waals surface area contributed by atoms with Crippen LogP contribution in [0, 0.1) is 12.8 Å². The van der Waals surface area contributed by atoms with Crippen LogP contribution in [0.4, 0.5) is 5.69 Å². The van der Waals surface area contributed by atoms with Crippen LogP contribution in [0.15, 0.2) is 18.2 Å². The predicted molar refractivity (Wildman–Crippen MR) is 76.2 cm³/mol. The Hall–Kier alpha value is -1.31. The standard InChI is InChI=1S/C16H23NO/c1-5-14-6-7-15(10-11(14)2)17-9-8-16(18)12(3)13(17)4/h6-7,10,12-13H,5,8-9H2,1-4H3. The molecule has 2 heteroatoms. The summed E-state index contributed by atoms with van der Waals surface area (Å²) in [7, 11) is 0. The van der Waals surface area contributed by atoms with Gasteiger partial charge in [-0.05, 0) is 43.5 Å². The van der Waals surface area contributed by atoms with Crippen LogP contribution in [0.5, 0.6) is 0 Å². The van der Waals surface area contributed by atoms with Gasteiger partial charge < -0.3 is 4.90 Å². The van der Waals surface area contributed by atoms with Gasteiger partial charge in [0.2, 0.25) is 0 Å². The zero-order valence-corrected chi connectivity index (χ0v) is 11.9. The molecule has 0 spiro atoms. The highest BCUT2D eigenvalue weighted by Gasteiger charge is 2.30. The van der Waals surface area contributed by atoms with Crippen molar-refractivity contribution in [2.24, 2.45) is 5.92 Å². The largest absolute Gasteiger partial charge is 0.368 e. The van der Waals surface area contributed by atoms with E-state index in [0.717, 1.165) is 13.0 Å². The van der Waals surface area contributed by atoms with Gasteiger partial charge in [-0.3, -0.25) is 4.79 Å². The predicted octanol–water partition coefficient (Wildman–Crippen LogP) is 3.36. The van der Waals surface area contributed by atoms with Crippen molar-refractivity contribution in [3.8, 4) is 0 Å². The van der Waals surface area contributed by atoms with E-state index in [1.54, 1.807) is 0 Å². The van der Waals surface area contributed by atoms with Gasteiger partial charge in [0, 0.05) is 30.6 Å². The van der Waals surface area contributed by atoms with E-state index < -0.39 is 0 Å². The number of carbonyl (C=O) groups is 1. The molecule has 2 atom stereocenters. The van der Waals surface area contributed by atoms with Gasteiger partial charge in [0.05, 0.1) is 0 Å². The molecule has 1 aliphatic rings. The van der Waals surface area contributed by atoms with Gasteiger partial charge >= 0.3 is 0 Å². The van der Waals surface area contributed by atoms with Gasteiger partial charge in [-0.25, -0.2) is 0 Å². The summed E-state index contributed by atoms with van der Waals surface area (Å²) in [5.41, 5.74) is 4.02. The lowest BCUT2D eigenvalue weighted by Crippen LogP contribution is -2.47. The van der Waals surface area contributed by atoms with Crippen LogP contribution >= 0.6 is 0 Å². The molecule has 0 aromatic heterocycles. The number of hydrogen-bond acceptors (Lipinski definition) is 2. The third-order valence-electron chi connectivity index (χ3n) is 4.36. The van der Waals surface area contributed by atoms with Gasteiger partial charge in [-0.15, -0.1) is 0 Å². The summed E-state index contributed by atoms with van der Waals surface area (Å²) >= 11 is 0. The zero-order chi connectivity index (χ0) is 13.3. The van der Waals surface area contributed by atoms with E-state index in [-0.39, 0.29) is 5.92 Å². The first kappa shape index (κ1) is 13.1. The number of anilines is 1. The first-order valence-electron chi connectivity index (χ1n) is 6.93. The molecule has 0 amide bonds. The highest BCUT2D eigenvalue weighted by atomic mass is 16.1. The van der Waals surface area contributed by atoms with Crippen molar-refractivity contribution in [1.82, 2.24) is 0 Å². The van der Waals surface area contributed by atoms with Crippen LogP contribution in [0.25, 0.3) is 0 Å². The molecular weight excluding hydrogens is 222 g/mol. The molecule has 1 heterocycles. The van der Waals surface area contributed by atoms with Gasteiger partial charge in [0.15, 0.2) is 0 Å². The Labute approximate surface area is 110 Å². The quantitative estimate of drug-likeness (QED) is 0.796. The number of piperidine rings is 1. The summed E-state index contributed by atoms with van der Waals surface area (Å²) in [6.45, 7) is 9.42. The number of nitrogens with zero attached hydrogens (tertiary/aromatic N) is 1. The Balaban J connectivity index is 2.26. The van der Waals surface area contributed by atoms with Crippen molar-refractivity contribution in [3.05, 3.63) is 29.3 Å². The maximum Gasteiger partial charge on any atom is 0.139 e. The van der Waals surface area contributed by atoms with Crippen molar-refractivity contribution in [1.29, 1.82) is 0 Å². The van der Waals surface area contributed by atoms with Gasteiger partial charge in [-0.1, -0.05) is 19.9 Å². The lowest BCUT2D eigenvalue weighted by molar-refractivity contribution is -0.123. The molecule has 1 aromatic carbocycles. The van der Waals surface area contributed by atoms with E-state index in [2.05, 4.69) is 43.9 Å². The maximum absolute atomic E-state index is 11.7. The number of benzene rings is 1. The minimum Gasteiger partial charge on any atom is -0.368 e. The second-order valence-corrected chi connectivity index (χ2v) is 5.40. The van der Waals surface area contributed by atoms with Crippen molar-refractivity contribution in [2.45, 2.75) is 46.6 Å². The monoisotopic (exact) mass is 245 g/mol. The molecule has 0 aliphatic carbocycles. The minimum absolute atomic E-state index is 0.143. The molecule has 2 rings (SSSR count). The number of Topliss-reactive ketones (excluding diaryl/α,β-unsaturated/α-hetero) is 1. The Morgan fingerprint density at radius 1 is 1.33 bits per heavy atom. The van der Waals surface area contributed by atoms with Crippen LogP contribution in [-0.2, 0) is 11.2 Å². The van der Waals surface area contributed by atoms with Crippen LogP contribution in [0.3, 0.4) is 0 Å². The fraction of sp³-hybridized carbons (Fsp3) is 0.562. The maximum atomic E-state index is 11.7. The number of carbonyl (C=O) groups excluding carboxylic acids is 1. The Morgan fingerprint density at radius 2 is 2.06 bits per heavy atom. The highest BCUT2D eigenvalue weighted by molar-refractivity contribution is 5.84. The molecule has 98 valence electrons. The Bertz CT molecular complexity index is 452. The first-order valence-corrected chi connectivity index (χ1v) is 6.93. The van der Waals surface area contributed by atoms with Crippen molar-refractivity contribution in [2.75, 3.05) is 11.4 Å². The molecule has 2 unspecified atom stereocenters. The summed E-state index contributed by atoms with van der Waals surface area (Å²) in [4.78, 5) is 14.1. The van der Waals surface area contributed by atoms with E-state index in [1.165, 1.54) is 16.8 Å². The first-order chi connectivity index (χ1) is 8.54. The van der Waals surface area contributed by atoms with Crippen molar-refractivity contribution < 1.29 is 4.79 Å². The topological polar surface area (TPSA) is 20.3 Å². The molecule has 1 aliphatic heterocycles. The third kappa shape index (κ3) is 2.29. The molecule has 0 N–H and O–H groups in total. The van der Waals surface area contributed by atoms with E-state index in [1.807, 2.05) is 6.92 Å². The normalized spacial score (nSPS) is 24.4. The summed E-state index contributed by atoms with van der Waals surface area (Å²) in [6, 6.07) is 6.99. The fourth-order valence-corrected chi connectivity index (χ4v) is 2.82. The average Bonchev–Trinajstić information content (AvgIpc) is 2.36. The van der Waals surface area contributed by atoms with Crippen LogP contribution < -0.4 is 4.90 Å². The molecule has 0 radical (unpaired) electrons. The molecule has 0 bridgehead atoms. The second-order valence-electron chi connectivity index (χ2n) is 5.40. The Kier molecular flexibility index (Phi) is 3.74. The van der Waals surface area contributed by atoms with Crippen LogP contribution in [0.1, 0.15) is 38.3 Å². The molecule has 18 heavy (non-hydrogen) atoms. The summed E-state index contributed by atoms with van der Waals surface area (Å²) in [6.07, 6.45) is 1.76. The third-order valence-corrected chi connectivity index (χ3v) is 4.36. The van der Waals surface area contributed by atoms with Crippen molar-refractivity contribution >= 4 is 11.5 Å². The van der Waals surface area contributed by atoms with E-state index in [0.29, 0.717) is 18.2 Å². The van der Waals surface area contributed by atoms with E-state index in [4.69, 9.17) is 0 Å². The van der Waals surface area contributed by atoms with Crippen LogP contribution in [0.2, 0.25) is 0 Å². The van der Waals surface area contributed by atoms with E-state index in [9.17, 15) is 4.79 Å². The number of hydrogen-bond donors (Lipinski definition) is 0. The van der Waals surface area contributed by atoms with Gasteiger partial charge in [-0.2, -0.15) is 0 Å². The molecular formula is C16H23NO. The number of ketones is 1. The number of rotatable bonds is 2. The molecule has 1 saturated heterocycles. The Morgan fingerprint density at radius 3 is 2.67 bits per heavy atom. The summed E-state index contributed by atoms with van der Waals surface area (Å²) < 4.78 is 0. The fourth-order valence-electron chi connectivity index (χ4n) is 2.82. The molecule has 1 fully saturated rings. The molecule has 1 aromatic rings. The SMILES string of the molecule is CCc1ccc(N2CCC(=O)C(C)C2C)cc1C. The minimum atomic E-state index is 0.143. The zero-order valence-electron chi connectivity index (χ0n) is 11.9. The smallest absolute Gasteiger partial charge is 0.139 e. The van der Waals surface area contributed by atoms with E-state index >= 15 is 0 Å².